The molecule has 7 rings (SSSR count). The van der Waals surface area contributed by atoms with Gasteiger partial charge >= 0.3 is 6.18 Å². The van der Waals surface area contributed by atoms with Gasteiger partial charge in [0.2, 0.25) is 15.8 Å². The lowest BCUT2D eigenvalue weighted by Crippen LogP contribution is -2.54. The van der Waals surface area contributed by atoms with E-state index in [-0.39, 0.29) is 52.0 Å². The van der Waals surface area contributed by atoms with Gasteiger partial charge in [-0.15, -0.1) is 0 Å². The molecule has 2 N–H and O–H groups in total. The van der Waals surface area contributed by atoms with Crippen molar-refractivity contribution in [1.29, 1.82) is 0 Å². The van der Waals surface area contributed by atoms with Crippen LogP contribution in [0.1, 0.15) is 32.3 Å². The zero-order chi connectivity index (χ0) is 37.5. The number of halogens is 4. The summed E-state index contributed by atoms with van der Waals surface area (Å²) in [7, 11) is -4.33. The minimum absolute atomic E-state index is 0.0293. The Bertz CT molecular complexity index is 2310. The molecule has 0 unspecified atom stereocenters. The average Bonchev–Trinajstić information content (AvgIpc) is 3.12. The van der Waals surface area contributed by atoms with Crippen molar-refractivity contribution >= 4 is 38.2 Å². The van der Waals surface area contributed by atoms with Crippen LogP contribution in [0.2, 0.25) is 0 Å². The molecule has 53 heavy (non-hydrogen) atoms. The van der Waals surface area contributed by atoms with Crippen molar-refractivity contribution in [2.24, 2.45) is 5.92 Å². The number of hydrogen-bond donors (Lipinski definition) is 2. The predicted octanol–water partition coefficient (Wildman–Crippen LogP) is 6.20. The van der Waals surface area contributed by atoms with Crippen LogP contribution in [0.4, 0.5) is 34.9 Å². The van der Waals surface area contributed by atoms with Crippen molar-refractivity contribution in [3.05, 3.63) is 94.9 Å². The second-order valence-electron chi connectivity index (χ2n) is 13.6. The summed E-state index contributed by atoms with van der Waals surface area (Å²) >= 11 is 0. The second kappa shape index (κ2) is 14.5. The number of nitrogens with zero attached hydrogens (tertiary/aromatic N) is 5. The molecule has 0 spiro atoms. The molecule has 2 fully saturated rings. The van der Waals surface area contributed by atoms with Gasteiger partial charge in [0.15, 0.2) is 0 Å². The minimum Gasteiger partial charge on any atom is -0.381 e. The number of rotatable bonds is 8. The number of benzene rings is 2. The van der Waals surface area contributed by atoms with Crippen molar-refractivity contribution in [2.45, 2.75) is 61.3 Å². The van der Waals surface area contributed by atoms with E-state index in [1.807, 2.05) is 18.7 Å². The van der Waals surface area contributed by atoms with Gasteiger partial charge in [-0.3, -0.25) is 14.3 Å². The summed E-state index contributed by atoms with van der Waals surface area (Å²) in [4.78, 5) is 28.2. The molecule has 5 aromatic rings. The number of fused-ring (bicyclic) bond motifs is 1. The lowest BCUT2D eigenvalue weighted by atomic mass is 9.98. The van der Waals surface area contributed by atoms with Crippen LogP contribution in [0.25, 0.3) is 22.2 Å². The van der Waals surface area contributed by atoms with Crippen LogP contribution >= 0.6 is 0 Å². The lowest BCUT2D eigenvalue weighted by molar-refractivity contribution is -0.137. The van der Waals surface area contributed by atoms with E-state index in [0.717, 1.165) is 12.1 Å². The van der Waals surface area contributed by atoms with Crippen LogP contribution in [0.15, 0.2) is 87.8 Å². The first-order chi connectivity index (χ1) is 25.3. The summed E-state index contributed by atoms with van der Waals surface area (Å²) in [5.74, 6) is -0.403. The van der Waals surface area contributed by atoms with Crippen molar-refractivity contribution in [3.63, 3.8) is 0 Å². The monoisotopic (exact) mass is 751 g/mol. The van der Waals surface area contributed by atoms with Gasteiger partial charge in [0.05, 0.1) is 21.0 Å². The number of alkyl halides is 3. The highest BCUT2D eigenvalue weighted by Crippen LogP contribution is 2.39. The molecular weight excluding hydrogens is 715 g/mol. The van der Waals surface area contributed by atoms with Gasteiger partial charge in [-0.1, -0.05) is 6.07 Å². The number of anilines is 3. The predicted molar refractivity (Wildman–Crippen MR) is 191 cm³/mol. The number of sulfone groups is 1. The summed E-state index contributed by atoms with van der Waals surface area (Å²) in [5, 5.41) is 6.71. The average molecular weight is 752 g/mol. The fraction of sp³-hybridized carbons (Fsp3) is 0.351. The van der Waals surface area contributed by atoms with Crippen molar-refractivity contribution in [1.82, 2.24) is 24.8 Å². The van der Waals surface area contributed by atoms with Gasteiger partial charge in [-0.2, -0.15) is 18.2 Å². The normalized spacial score (nSPS) is 18.7. The Kier molecular flexibility index (Phi) is 9.95. The van der Waals surface area contributed by atoms with Crippen LogP contribution in [0.5, 0.6) is 0 Å². The van der Waals surface area contributed by atoms with Crippen LogP contribution in [0.3, 0.4) is 0 Å². The van der Waals surface area contributed by atoms with Gasteiger partial charge in [0.1, 0.15) is 11.5 Å². The maximum absolute atomic E-state index is 15.4. The quantitative estimate of drug-likeness (QED) is 0.177. The Morgan fingerprint density at radius 1 is 0.943 bits per heavy atom. The molecule has 3 aromatic heterocycles. The molecule has 0 amide bonds. The molecular formula is C37H37F4N7O4S. The van der Waals surface area contributed by atoms with Gasteiger partial charge < -0.3 is 20.3 Å². The number of pyridine rings is 2. The number of nitrogens with one attached hydrogen (secondary N) is 2. The van der Waals surface area contributed by atoms with Crippen LogP contribution in [0, 0.1) is 11.7 Å². The Labute approximate surface area is 303 Å². The Morgan fingerprint density at radius 3 is 2.34 bits per heavy atom. The van der Waals surface area contributed by atoms with E-state index in [4.69, 9.17) is 4.74 Å². The first-order valence-corrected chi connectivity index (χ1v) is 18.7. The Hall–Kier alpha value is -4.93. The summed E-state index contributed by atoms with van der Waals surface area (Å²) in [6, 6.07) is 11.4. The smallest absolute Gasteiger partial charge is 0.381 e. The summed E-state index contributed by atoms with van der Waals surface area (Å²) < 4.78 is 92.8. The molecule has 11 nitrogen and oxygen atoms in total. The molecule has 2 saturated heterocycles. The zero-order valence-electron chi connectivity index (χ0n) is 28.9. The van der Waals surface area contributed by atoms with E-state index in [9.17, 15) is 26.4 Å². The highest BCUT2D eigenvalue weighted by atomic mass is 32.2. The molecule has 2 atom stereocenters. The largest absolute Gasteiger partial charge is 0.417 e. The van der Waals surface area contributed by atoms with E-state index in [0.29, 0.717) is 56.6 Å². The lowest BCUT2D eigenvalue weighted by Gasteiger charge is -2.37. The van der Waals surface area contributed by atoms with Gasteiger partial charge in [0, 0.05) is 80.2 Å². The van der Waals surface area contributed by atoms with Crippen molar-refractivity contribution in [3.8, 4) is 11.1 Å². The van der Waals surface area contributed by atoms with Crippen molar-refractivity contribution in [2.75, 3.05) is 36.5 Å². The number of piperazine rings is 1. The fourth-order valence-corrected chi connectivity index (χ4v) is 8.35. The third kappa shape index (κ3) is 7.61. The third-order valence-electron chi connectivity index (χ3n) is 9.57. The summed E-state index contributed by atoms with van der Waals surface area (Å²) in [5.41, 5.74) is -1.78. The molecule has 0 saturated carbocycles. The highest BCUT2D eigenvalue weighted by molar-refractivity contribution is 7.91. The molecule has 278 valence electrons. The minimum atomic E-state index is -5.01. The fourth-order valence-electron chi connectivity index (χ4n) is 7.08. The standard InChI is InChI=1S/C37H37F4N7O4S/c1-22-19-47(20-23(2)44-22)33-6-3-26(16-32(33)38)45-36-43-18-25-15-30(35(49)48(34(25)46-36)21-24-9-13-52-14-10-24)29-5-4-28(17-31(29)37(39,40)41)53(50,51)27-7-11-42-12-8-27/h3-8,11-12,15-18,22-24,44H,9-10,13-14,19-21H2,1-2H3,(H,43,45,46)/t22-,23+. The van der Waals surface area contributed by atoms with E-state index in [1.165, 1.54) is 47.4 Å². The van der Waals surface area contributed by atoms with Crippen molar-refractivity contribution < 1.29 is 30.7 Å². The third-order valence-corrected chi connectivity index (χ3v) is 11.3. The molecule has 2 aliphatic heterocycles. The molecule has 0 bridgehead atoms. The van der Waals surface area contributed by atoms with Gasteiger partial charge in [0.25, 0.3) is 5.56 Å². The maximum atomic E-state index is 15.4. The molecule has 0 radical (unpaired) electrons. The topological polar surface area (TPSA) is 131 Å². The highest BCUT2D eigenvalue weighted by Gasteiger charge is 2.36. The number of ether oxygens (including phenoxy) is 1. The SMILES string of the molecule is C[C@@H]1CN(c2ccc(Nc3ncc4cc(-c5ccc(S(=O)(=O)c6ccncc6)cc5C(F)(F)F)c(=O)n(CC5CCOCC5)c4n3)cc2F)C[C@H](C)N1. The van der Waals surface area contributed by atoms with Gasteiger partial charge in [-0.05, 0) is 86.7 Å². The van der Waals surface area contributed by atoms with Crippen LogP contribution < -0.4 is 21.1 Å². The first-order valence-electron chi connectivity index (χ1n) is 17.2. The van der Waals surface area contributed by atoms with E-state index in [2.05, 4.69) is 25.6 Å². The van der Waals surface area contributed by atoms with E-state index >= 15 is 4.39 Å². The van der Waals surface area contributed by atoms with Gasteiger partial charge in [-0.25, -0.2) is 17.8 Å². The number of aromatic nitrogens is 4. The molecule has 16 heteroatoms. The molecule has 2 aliphatic rings. The van der Waals surface area contributed by atoms with Crippen LogP contribution in [-0.4, -0.2) is 66.3 Å². The molecule has 5 heterocycles. The second-order valence-corrected chi connectivity index (χ2v) is 15.5. The Morgan fingerprint density at radius 2 is 1.66 bits per heavy atom. The molecule has 0 aliphatic carbocycles. The van der Waals surface area contributed by atoms with Crippen LogP contribution in [-0.2, 0) is 27.3 Å². The first kappa shape index (κ1) is 36.4. The molecule has 2 aromatic carbocycles. The van der Waals surface area contributed by atoms with E-state index in [1.54, 1.807) is 12.1 Å². The van der Waals surface area contributed by atoms with E-state index < -0.39 is 43.4 Å². The summed E-state index contributed by atoms with van der Waals surface area (Å²) in [6.45, 7) is 6.46. The summed E-state index contributed by atoms with van der Waals surface area (Å²) in [6.07, 6.45) is 0.0858. The zero-order valence-corrected chi connectivity index (χ0v) is 29.7. The number of hydrogen-bond acceptors (Lipinski definition) is 10. The Balaban J connectivity index is 1.29. The maximum Gasteiger partial charge on any atom is 0.417 e.